The lowest BCUT2D eigenvalue weighted by molar-refractivity contribution is 0.440. The van der Waals surface area contributed by atoms with Crippen LogP contribution in [0.4, 0.5) is 0 Å². The van der Waals surface area contributed by atoms with Crippen molar-refractivity contribution in [3.05, 3.63) is 42.2 Å². The average Bonchev–Trinajstić information content (AvgIpc) is 2.90. The smallest absolute Gasteiger partial charge is 0.138 e. The number of nitrogens with one attached hydrogen (secondary N) is 1. The number of nitrogens with zero attached hydrogens (tertiary/aromatic N) is 4. The van der Waals surface area contributed by atoms with Crippen LogP contribution in [0.5, 0.6) is 0 Å². The fraction of sp³-hybridized carbons (Fsp3) is 0.562. The van der Waals surface area contributed by atoms with Crippen LogP contribution in [0.2, 0.25) is 0 Å². The number of hydrogen-bond acceptors (Lipinski definition) is 4. The quantitative estimate of drug-likeness (QED) is 0.808. The first-order valence-corrected chi connectivity index (χ1v) is 7.62. The van der Waals surface area contributed by atoms with Crippen LogP contribution in [0.25, 0.3) is 0 Å². The molecule has 21 heavy (non-hydrogen) atoms. The number of likely N-dealkylation sites (N-methyl/N-ethyl adjacent to an activating group) is 1. The standard InChI is InChI=1S/C16H25N5/c1-13(2)11-21-16(19-12-20-21)10-15(17-3)5-4-14-6-8-18-9-7-14/h6-9,12-13,15,17H,4-5,10-11H2,1-3H3. The highest BCUT2D eigenvalue weighted by Crippen LogP contribution is 2.09. The molecule has 0 aliphatic heterocycles. The number of rotatable bonds is 8. The predicted molar refractivity (Wildman–Crippen MR) is 84.0 cm³/mol. The molecule has 2 aromatic heterocycles. The van der Waals surface area contributed by atoms with Gasteiger partial charge in [0.05, 0.1) is 0 Å². The summed E-state index contributed by atoms with van der Waals surface area (Å²) in [5.41, 5.74) is 1.33. The molecule has 2 aromatic rings. The molecule has 2 heterocycles. The highest BCUT2D eigenvalue weighted by molar-refractivity contribution is 5.10. The normalized spacial score (nSPS) is 12.8. The summed E-state index contributed by atoms with van der Waals surface area (Å²) in [7, 11) is 2.01. The Balaban J connectivity index is 1.91. The molecule has 1 N–H and O–H groups in total. The number of hydrogen-bond donors (Lipinski definition) is 1. The van der Waals surface area contributed by atoms with Crippen LogP contribution in [-0.4, -0.2) is 32.8 Å². The fourth-order valence-electron chi connectivity index (χ4n) is 2.40. The molecule has 0 saturated carbocycles. The SMILES string of the molecule is CNC(CCc1ccncc1)Cc1ncnn1CC(C)C. The Hall–Kier alpha value is -1.75. The van der Waals surface area contributed by atoms with Gasteiger partial charge in [0.25, 0.3) is 0 Å². The molecule has 2 rings (SSSR count). The van der Waals surface area contributed by atoms with Gasteiger partial charge >= 0.3 is 0 Å². The van der Waals surface area contributed by atoms with Gasteiger partial charge in [-0.2, -0.15) is 5.10 Å². The summed E-state index contributed by atoms with van der Waals surface area (Å²) in [5, 5.41) is 7.73. The third-order valence-corrected chi connectivity index (χ3v) is 3.60. The van der Waals surface area contributed by atoms with Crippen LogP contribution < -0.4 is 5.32 Å². The lowest BCUT2D eigenvalue weighted by atomic mass is 10.0. The Morgan fingerprint density at radius 3 is 2.67 bits per heavy atom. The molecule has 1 unspecified atom stereocenters. The van der Waals surface area contributed by atoms with E-state index in [-0.39, 0.29) is 0 Å². The van der Waals surface area contributed by atoms with E-state index in [0.29, 0.717) is 12.0 Å². The lowest BCUT2D eigenvalue weighted by Gasteiger charge is -2.16. The maximum Gasteiger partial charge on any atom is 0.138 e. The molecule has 0 aliphatic rings. The second-order valence-electron chi connectivity index (χ2n) is 5.84. The first kappa shape index (κ1) is 15.6. The second kappa shape index (κ2) is 7.88. The van der Waals surface area contributed by atoms with Crippen molar-refractivity contribution < 1.29 is 0 Å². The van der Waals surface area contributed by atoms with Crippen molar-refractivity contribution in [2.75, 3.05) is 7.05 Å². The van der Waals surface area contributed by atoms with Crippen molar-refractivity contribution in [2.45, 2.75) is 45.7 Å². The molecule has 0 aromatic carbocycles. The Labute approximate surface area is 126 Å². The van der Waals surface area contributed by atoms with Gasteiger partial charge in [-0.15, -0.1) is 0 Å². The zero-order chi connectivity index (χ0) is 15.1. The van der Waals surface area contributed by atoms with Gasteiger partial charge in [0, 0.05) is 31.4 Å². The van der Waals surface area contributed by atoms with Gasteiger partial charge in [0.15, 0.2) is 0 Å². The van der Waals surface area contributed by atoms with Gasteiger partial charge in [-0.05, 0) is 43.5 Å². The summed E-state index contributed by atoms with van der Waals surface area (Å²) in [5.74, 6) is 1.65. The van der Waals surface area contributed by atoms with E-state index in [4.69, 9.17) is 0 Å². The molecule has 5 heteroatoms. The Bertz CT molecular complexity index is 520. The maximum atomic E-state index is 4.41. The highest BCUT2D eigenvalue weighted by atomic mass is 15.3. The number of pyridine rings is 1. The summed E-state index contributed by atoms with van der Waals surface area (Å²) < 4.78 is 2.03. The van der Waals surface area contributed by atoms with Crippen LogP contribution in [0.3, 0.4) is 0 Å². The summed E-state index contributed by atoms with van der Waals surface area (Å²) in [6.07, 6.45) is 8.40. The Morgan fingerprint density at radius 2 is 2.00 bits per heavy atom. The molecule has 0 aliphatic carbocycles. The molecule has 0 fully saturated rings. The summed E-state index contributed by atoms with van der Waals surface area (Å²) in [6.45, 7) is 5.32. The molecule has 0 amide bonds. The third-order valence-electron chi connectivity index (χ3n) is 3.60. The van der Waals surface area contributed by atoms with Crippen LogP contribution >= 0.6 is 0 Å². The summed E-state index contributed by atoms with van der Waals surface area (Å²) >= 11 is 0. The maximum absolute atomic E-state index is 4.41. The average molecular weight is 287 g/mol. The minimum Gasteiger partial charge on any atom is -0.317 e. The number of aryl methyl sites for hydroxylation is 1. The van der Waals surface area contributed by atoms with Gasteiger partial charge in [0.1, 0.15) is 12.2 Å². The van der Waals surface area contributed by atoms with Crippen molar-refractivity contribution in [2.24, 2.45) is 5.92 Å². The monoisotopic (exact) mass is 287 g/mol. The minimum atomic E-state index is 0.410. The molecule has 1 atom stereocenters. The molecule has 0 radical (unpaired) electrons. The molecule has 114 valence electrons. The van der Waals surface area contributed by atoms with Gasteiger partial charge < -0.3 is 5.32 Å². The van der Waals surface area contributed by atoms with Gasteiger partial charge in [-0.3, -0.25) is 4.98 Å². The summed E-state index contributed by atoms with van der Waals surface area (Å²) in [4.78, 5) is 8.47. The van der Waals surface area contributed by atoms with E-state index in [1.54, 1.807) is 6.33 Å². The van der Waals surface area contributed by atoms with Crippen LogP contribution in [0.15, 0.2) is 30.9 Å². The van der Waals surface area contributed by atoms with Crippen LogP contribution in [0.1, 0.15) is 31.7 Å². The molecule has 0 spiro atoms. The molecule has 0 bridgehead atoms. The molecular formula is C16H25N5. The van der Waals surface area contributed by atoms with Crippen molar-refractivity contribution >= 4 is 0 Å². The van der Waals surface area contributed by atoms with Crippen LogP contribution in [-0.2, 0) is 19.4 Å². The second-order valence-corrected chi connectivity index (χ2v) is 5.84. The first-order chi connectivity index (χ1) is 10.2. The van der Waals surface area contributed by atoms with Crippen molar-refractivity contribution in [3.8, 4) is 0 Å². The van der Waals surface area contributed by atoms with Crippen molar-refractivity contribution in [1.82, 2.24) is 25.1 Å². The lowest BCUT2D eigenvalue weighted by Crippen LogP contribution is -2.30. The van der Waals surface area contributed by atoms with E-state index < -0.39 is 0 Å². The zero-order valence-corrected chi connectivity index (χ0v) is 13.2. The third kappa shape index (κ3) is 4.93. The summed E-state index contributed by atoms with van der Waals surface area (Å²) in [6, 6.07) is 4.57. The van der Waals surface area contributed by atoms with E-state index in [9.17, 15) is 0 Å². The largest absolute Gasteiger partial charge is 0.317 e. The molecular weight excluding hydrogens is 262 g/mol. The van der Waals surface area contributed by atoms with E-state index in [1.807, 2.05) is 24.1 Å². The first-order valence-electron chi connectivity index (χ1n) is 7.62. The van der Waals surface area contributed by atoms with Gasteiger partial charge in [0.2, 0.25) is 0 Å². The van der Waals surface area contributed by atoms with Crippen molar-refractivity contribution in [3.63, 3.8) is 0 Å². The van der Waals surface area contributed by atoms with Crippen molar-refractivity contribution in [1.29, 1.82) is 0 Å². The van der Waals surface area contributed by atoms with Gasteiger partial charge in [-0.1, -0.05) is 13.8 Å². The van der Waals surface area contributed by atoms with E-state index in [1.165, 1.54) is 5.56 Å². The highest BCUT2D eigenvalue weighted by Gasteiger charge is 2.13. The topological polar surface area (TPSA) is 55.6 Å². The molecule has 0 saturated heterocycles. The minimum absolute atomic E-state index is 0.410. The van der Waals surface area contributed by atoms with E-state index >= 15 is 0 Å². The van der Waals surface area contributed by atoms with Crippen LogP contribution in [0, 0.1) is 5.92 Å². The molecule has 5 nitrogen and oxygen atoms in total. The number of aromatic nitrogens is 4. The van der Waals surface area contributed by atoms with Gasteiger partial charge in [-0.25, -0.2) is 9.67 Å². The van der Waals surface area contributed by atoms with E-state index in [2.05, 4.69) is 46.4 Å². The predicted octanol–water partition coefficient (Wildman–Crippen LogP) is 2.09. The zero-order valence-electron chi connectivity index (χ0n) is 13.2. The fourth-order valence-corrected chi connectivity index (χ4v) is 2.40. The Kier molecular flexibility index (Phi) is 5.87. The van der Waals surface area contributed by atoms with E-state index in [0.717, 1.165) is 31.6 Å². The Morgan fingerprint density at radius 1 is 1.24 bits per heavy atom.